The molecule has 1 aromatic heterocycles. The number of thioether (sulfide) groups is 1. The van der Waals surface area contributed by atoms with E-state index in [1.54, 1.807) is 6.07 Å². The minimum Gasteiger partial charge on any atom is -0.393 e. The number of aliphatic hydroxyl groups is 1. The molecule has 0 aliphatic carbocycles. The Morgan fingerprint density at radius 1 is 1.53 bits per heavy atom. The van der Waals surface area contributed by atoms with Gasteiger partial charge in [-0.1, -0.05) is 18.7 Å². The Morgan fingerprint density at radius 3 is 2.94 bits per heavy atom. The van der Waals surface area contributed by atoms with Crippen LogP contribution in [0.2, 0.25) is 0 Å². The van der Waals surface area contributed by atoms with Crippen molar-refractivity contribution in [1.82, 2.24) is 9.97 Å². The van der Waals surface area contributed by atoms with Crippen LogP contribution in [0.3, 0.4) is 0 Å². The zero-order valence-electron chi connectivity index (χ0n) is 10.1. The molecule has 0 saturated carbocycles. The molecule has 1 aliphatic heterocycles. The predicted molar refractivity (Wildman–Crippen MR) is 70.2 cm³/mol. The van der Waals surface area contributed by atoms with Gasteiger partial charge in [-0.2, -0.15) is 0 Å². The van der Waals surface area contributed by atoms with Crippen molar-refractivity contribution in [1.29, 1.82) is 0 Å². The predicted octanol–water partition coefficient (Wildman–Crippen LogP) is 0.988. The summed E-state index contributed by atoms with van der Waals surface area (Å²) >= 11 is 1.48. The van der Waals surface area contributed by atoms with Crippen molar-refractivity contribution in [2.24, 2.45) is 5.92 Å². The number of rotatable bonds is 2. The number of anilines is 2. The fourth-order valence-electron chi connectivity index (χ4n) is 2.02. The first-order valence-corrected chi connectivity index (χ1v) is 6.94. The molecule has 2 unspecified atom stereocenters. The summed E-state index contributed by atoms with van der Waals surface area (Å²) in [6.45, 7) is 3.68. The monoisotopic (exact) mass is 254 g/mol. The Kier molecular flexibility index (Phi) is 3.73. The second-order valence-electron chi connectivity index (χ2n) is 4.42. The summed E-state index contributed by atoms with van der Waals surface area (Å²) in [5, 5.41) is 10.4. The highest BCUT2D eigenvalue weighted by molar-refractivity contribution is 7.98. The van der Waals surface area contributed by atoms with E-state index in [0.29, 0.717) is 11.0 Å². The maximum absolute atomic E-state index is 9.71. The van der Waals surface area contributed by atoms with Crippen LogP contribution in [-0.2, 0) is 0 Å². The van der Waals surface area contributed by atoms with Gasteiger partial charge in [0.25, 0.3) is 0 Å². The highest BCUT2D eigenvalue weighted by Gasteiger charge is 2.25. The molecule has 1 saturated heterocycles. The molecule has 0 aromatic carbocycles. The van der Waals surface area contributed by atoms with Crippen molar-refractivity contribution in [2.45, 2.75) is 24.6 Å². The van der Waals surface area contributed by atoms with Gasteiger partial charge >= 0.3 is 0 Å². The molecule has 2 rings (SSSR count). The largest absolute Gasteiger partial charge is 0.393 e. The standard InChI is InChI=1S/C11H18N4OS/c1-7-6-15(4-3-8(7)16)10-5-9(12)13-11(14-10)17-2/h5,7-8,16H,3-4,6H2,1-2H3,(H2,12,13,14). The lowest BCUT2D eigenvalue weighted by Gasteiger charge is -2.35. The van der Waals surface area contributed by atoms with E-state index in [1.807, 2.05) is 6.26 Å². The molecule has 0 amide bonds. The van der Waals surface area contributed by atoms with Gasteiger partial charge in [-0.05, 0) is 18.6 Å². The Morgan fingerprint density at radius 2 is 2.29 bits per heavy atom. The molecule has 1 aliphatic rings. The second-order valence-corrected chi connectivity index (χ2v) is 5.19. The van der Waals surface area contributed by atoms with Crippen molar-refractivity contribution in [3.8, 4) is 0 Å². The normalized spacial score (nSPS) is 25.0. The molecular formula is C11H18N4OS. The van der Waals surface area contributed by atoms with Crippen LogP contribution in [0.15, 0.2) is 11.2 Å². The van der Waals surface area contributed by atoms with Crippen molar-refractivity contribution in [3.63, 3.8) is 0 Å². The molecule has 17 heavy (non-hydrogen) atoms. The summed E-state index contributed by atoms with van der Waals surface area (Å²) in [6, 6.07) is 1.80. The number of nitrogens with zero attached hydrogens (tertiary/aromatic N) is 3. The molecule has 2 atom stereocenters. The Labute approximate surface area is 105 Å². The first kappa shape index (κ1) is 12.4. The molecule has 0 spiro atoms. The highest BCUT2D eigenvalue weighted by atomic mass is 32.2. The summed E-state index contributed by atoms with van der Waals surface area (Å²) in [5.41, 5.74) is 5.76. The molecule has 0 bridgehead atoms. The van der Waals surface area contributed by atoms with Crippen LogP contribution in [0.25, 0.3) is 0 Å². The zero-order valence-corrected chi connectivity index (χ0v) is 10.9. The van der Waals surface area contributed by atoms with Gasteiger partial charge in [-0.25, -0.2) is 9.97 Å². The molecular weight excluding hydrogens is 236 g/mol. The van der Waals surface area contributed by atoms with Crippen LogP contribution in [-0.4, -0.2) is 40.5 Å². The number of hydrogen-bond acceptors (Lipinski definition) is 6. The molecule has 1 aromatic rings. The van der Waals surface area contributed by atoms with Crippen molar-refractivity contribution in [2.75, 3.05) is 30.0 Å². The third-order valence-corrected chi connectivity index (χ3v) is 3.63. The summed E-state index contributed by atoms with van der Waals surface area (Å²) in [5.74, 6) is 1.62. The summed E-state index contributed by atoms with van der Waals surface area (Å²) in [6.07, 6.45) is 2.51. The molecule has 3 N–H and O–H groups in total. The number of nitrogen functional groups attached to an aromatic ring is 1. The lowest BCUT2D eigenvalue weighted by atomic mass is 9.97. The Hall–Kier alpha value is -1.01. The van der Waals surface area contributed by atoms with Crippen LogP contribution >= 0.6 is 11.8 Å². The fourth-order valence-corrected chi connectivity index (χ4v) is 2.41. The summed E-state index contributed by atoms with van der Waals surface area (Å²) in [7, 11) is 0. The van der Waals surface area contributed by atoms with Gasteiger partial charge < -0.3 is 15.7 Å². The number of piperidine rings is 1. The van der Waals surface area contributed by atoms with Crippen molar-refractivity contribution >= 4 is 23.4 Å². The van der Waals surface area contributed by atoms with Gasteiger partial charge in [0.15, 0.2) is 5.16 Å². The van der Waals surface area contributed by atoms with E-state index in [2.05, 4.69) is 21.8 Å². The van der Waals surface area contributed by atoms with Crippen LogP contribution in [0.1, 0.15) is 13.3 Å². The number of nitrogens with two attached hydrogens (primary N) is 1. The van der Waals surface area contributed by atoms with E-state index in [4.69, 9.17) is 5.73 Å². The van der Waals surface area contributed by atoms with E-state index < -0.39 is 0 Å². The minimum atomic E-state index is -0.203. The van der Waals surface area contributed by atoms with E-state index in [9.17, 15) is 5.11 Å². The maximum atomic E-state index is 9.71. The SMILES string of the molecule is CSc1nc(N)cc(N2CCC(O)C(C)C2)n1. The van der Waals surface area contributed by atoms with Crippen LogP contribution in [0, 0.1) is 5.92 Å². The van der Waals surface area contributed by atoms with Crippen molar-refractivity contribution < 1.29 is 5.11 Å². The molecule has 1 fully saturated rings. The first-order chi connectivity index (χ1) is 8.10. The average Bonchev–Trinajstić information content (AvgIpc) is 2.32. The average molecular weight is 254 g/mol. The molecule has 94 valence electrons. The smallest absolute Gasteiger partial charge is 0.191 e. The van der Waals surface area contributed by atoms with Gasteiger partial charge in [-0.15, -0.1) is 0 Å². The van der Waals surface area contributed by atoms with Gasteiger partial charge in [0.2, 0.25) is 0 Å². The highest BCUT2D eigenvalue weighted by Crippen LogP contribution is 2.24. The third kappa shape index (κ3) is 2.81. The van der Waals surface area contributed by atoms with Crippen molar-refractivity contribution in [3.05, 3.63) is 6.07 Å². The Bertz CT molecular complexity index is 401. The third-order valence-electron chi connectivity index (χ3n) is 3.08. The van der Waals surface area contributed by atoms with E-state index >= 15 is 0 Å². The first-order valence-electron chi connectivity index (χ1n) is 5.71. The lowest BCUT2D eigenvalue weighted by molar-refractivity contribution is 0.0968. The number of aliphatic hydroxyl groups excluding tert-OH is 1. The van der Waals surface area contributed by atoms with Crippen LogP contribution in [0.4, 0.5) is 11.6 Å². The lowest BCUT2D eigenvalue weighted by Crippen LogP contribution is -2.42. The number of hydrogen-bond donors (Lipinski definition) is 2. The van der Waals surface area contributed by atoms with Gasteiger partial charge in [0.1, 0.15) is 11.6 Å². The summed E-state index contributed by atoms with van der Waals surface area (Å²) < 4.78 is 0. The van der Waals surface area contributed by atoms with Crippen LogP contribution in [0.5, 0.6) is 0 Å². The maximum Gasteiger partial charge on any atom is 0.191 e. The van der Waals surface area contributed by atoms with Gasteiger partial charge in [0, 0.05) is 19.2 Å². The topological polar surface area (TPSA) is 75.3 Å². The molecule has 0 radical (unpaired) electrons. The molecule has 2 heterocycles. The van der Waals surface area contributed by atoms with E-state index in [-0.39, 0.29) is 12.0 Å². The van der Waals surface area contributed by atoms with Gasteiger partial charge in [-0.3, -0.25) is 0 Å². The minimum absolute atomic E-state index is 0.203. The summed E-state index contributed by atoms with van der Waals surface area (Å²) in [4.78, 5) is 10.7. The van der Waals surface area contributed by atoms with Gasteiger partial charge in [0.05, 0.1) is 6.10 Å². The van der Waals surface area contributed by atoms with E-state index in [0.717, 1.165) is 25.3 Å². The fraction of sp³-hybridized carbons (Fsp3) is 0.636. The van der Waals surface area contributed by atoms with E-state index in [1.165, 1.54) is 11.8 Å². The zero-order chi connectivity index (χ0) is 12.4. The second kappa shape index (κ2) is 5.10. The number of aromatic nitrogens is 2. The molecule has 6 heteroatoms. The molecule has 5 nitrogen and oxygen atoms in total. The quantitative estimate of drug-likeness (QED) is 0.605. The van der Waals surface area contributed by atoms with Crippen LogP contribution < -0.4 is 10.6 Å². The Balaban J connectivity index is 2.19.